The summed E-state index contributed by atoms with van der Waals surface area (Å²) in [5, 5.41) is 16.4. The highest BCUT2D eigenvalue weighted by Crippen LogP contribution is 2.34. The fourth-order valence-electron chi connectivity index (χ4n) is 3.34. The number of carbonyl (C=O) groups is 4. The fraction of sp³-hybridized carbons (Fsp3) is 0.300. The smallest absolute Gasteiger partial charge is 0.341 e. The number of non-ortho nitro benzene ring substituents is 1. The number of methoxy groups -OCH3 is 1. The quantitative estimate of drug-likeness (QED) is 0.291. The van der Waals surface area contributed by atoms with E-state index in [4.69, 9.17) is 4.74 Å². The summed E-state index contributed by atoms with van der Waals surface area (Å²) in [6, 6.07) is 4.54. The minimum absolute atomic E-state index is 0.210. The molecule has 1 saturated heterocycles. The highest BCUT2D eigenvalue weighted by atomic mass is 32.1. The molecule has 3 rings (SSSR count). The second-order valence-corrected chi connectivity index (χ2v) is 8.51. The van der Waals surface area contributed by atoms with Crippen molar-refractivity contribution in [3.8, 4) is 0 Å². The number of amides is 4. The number of nitro groups is 1. The van der Waals surface area contributed by atoms with E-state index >= 15 is 0 Å². The third-order valence-electron chi connectivity index (χ3n) is 5.24. The lowest BCUT2D eigenvalue weighted by Gasteiger charge is -2.22. The van der Waals surface area contributed by atoms with Crippen LogP contribution in [-0.2, 0) is 19.9 Å². The minimum Gasteiger partial charge on any atom is -0.465 e. The largest absolute Gasteiger partial charge is 0.465 e. The van der Waals surface area contributed by atoms with Gasteiger partial charge in [0.1, 0.15) is 17.1 Å². The van der Waals surface area contributed by atoms with Gasteiger partial charge in [0.05, 0.1) is 17.6 Å². The third-order valence-corrected chi connectivity index (χ3v) is 6.36. The first kappa shape index (κ1) is 22.9. The molecule has 0 spiro atoms. The van der Waals surface area contributed by atoms with Gasteiger partial charge in [-0.25, -0.2) is 9.59 Å². The number of hydrogen-bond acceptors (Lipinski definition) is 8. The molecule has 2 heterocycles. The number of urea groups is 1. The zero-order chi connectivity index (χ0) is 23.8. The van der Waals surface area contributed by atoms with Gasteiger partial charge in [-0.2, -0.15) is 0 Å². The number of ether oxygens (including phenoxy) is 1. The van der Waals surface area contributed by atoms with E-state index in [9.17, 15) is 29.3 Å². The van der Waals surface area contributed by atoms with Crippen LogP contribution in [0.15, 0.2) is 24.3 Å². The van der Waals surface area contributed by atoms with E-state index in [0.717, 1.165) is 9.78 Å². The van der Waals surface area contributed by atoms with Crippen molar-refractivity contribution in [1.82, 2.24) is 10.2 Å². The Kier molecular flexibility index (Phi) is 5.99. The van der Waals surface area contributed by atoms with Crippen LogP contribution >= 0.6 is 11.3 Å². The van der Waals surface area contributed by atoms with E-state index in [2.05, 4.69) is 10.6 Å². The molecule has 0 radical (unpaired) electrons. The molecule has 0 bridgehead atoms. The number of esters is 1. The van der Waals surface area contributed by atoms with Crippen molar-refractivity contribution in [1.29, 1.82) is 0 Å². The van der Waals surface area contributed by atoms with Gasteiger partial charge in [-0.1, -0.05) is 12.1 Å². The molecule has 2 aromatic rings. The Labute approximate surface area is 186 Å². The Balaban J connectivity index is 1.81. The van der Waals surface area contributed by atoms with Gasteiger partial charge < -0.3 is 15.4 Å². The number of nitro benzene ring substituents is 1. The summed E-state index contributed by atoms with van der Waals surface area (Å²) >= 11 is 1.17. The predicted molar refractivity (Wildman–Crippen MR) is 114 cm³/mol. The van der Waals surface area contributed by atoms with Crippen molar-refractivity contribution in [2.45, 2.75) is 26.3 Å². The van der Waals surface area contributed by atoms with Crippen LogP contribution in [0.3, 0.4) is 0 Å². The number of imide groups is 1. The lowest BCUT2D eigenvalue weighted by molar-refractivity contribution is -0.385. The molecule has 168 valence electrons. The third kappa shape index (κ3) is 3.91. The highest BCUT2D eigenvalue weighted by molar-refractivity contribution is 7.16. The van der Waals surface area contributed by atoms with E-state index in [-0.39, 0.29) is 21.8 Å². The second-order valence-electron chi connectivity index (χ2n) is 7.28. The molecule has 1 aromatic heterocycles. The topological polar surface area (TPSA) is 148 Å². The van der Waals surface area contributed by atoms with E-state index in [1.54, 1.807) is 13.8 Å². The molecular formula is C20H20N4O7S. The Morgan fingerprint density at radius 1 is 1.31 bits per heavy atom. The van der Waals surface area contributed by atoms with E-state index < -0.39 is 40.8 Å². The van der Waals surface area contributed by atoms with Gasteiger partial charge in [-0.3, -0.25) is 24.6 Å². The molecule has 1 fully saturated rings. The van der Waals surface area contributed by atoms with Crippen molar-refractivity contribution >= 4 is 45.8 Å². The van der Waals surface area contributed by atoms with Crippen LogP contribution in [-0.4, -0.2) is 47.3 Å². The van der Waals surface area contributed by atoms with Gasteiger partial charge in [0.15, 0.2) is 0 Å². The summed E-state index contributed by atoms with van der Waals surface area (Å²) < 4.78 is 4.76. The van der Waals surface area contributed by atoms with Crippen LogP contribution in [0.4, 0.5) is 15.5 Å². The monoisotopic (exact) mass is 460 g/mol. The summed E-state index contributed by atoms with van der Waals surface area (Å²) in [5.74, 6) is -2.04. The summed E-state index contributed by atoms with van der Waals surface area (Å²) in [5.41, 5.74) is -0.727. The highest BCUT2D eigenvalue weighted by Gasteiger charge is 2.50. The summed E-state index contributed by atoms with van der Waals surface area (Å²) in [6.07, 6.45) is 0. The molecule has 0 saturated carbocycles. The van der Waals surface area contributed by atoms with Crippen molar-refractivity contribution in [3.05, 3.63) is 55.9 Å². The zero-order valence-corrected chi connectivity index (χ0v) is 18.5. The molecule has 1 unspecified atom stereocenters. The number of benzene rings is 1. The molecule has 11 nitrogen and oxygen atoms in total. The number of anilines is 1. The van der Waals surface area contributed by atoms with Gasteiger partial charge in [0.2, 0.25) is 5.91 Å². The normalized spacial score (nSPS) is 17.8. The van der Waals surface area contributed by atoms with Crippen LogP contribution in [0, 0.1) is 24.0 Å². The summed E-state index contributed by atoms with van der Waals surface area (Å²) in [6.45, 7) is 4.30. The Morgan fingerprint density at radius 3 is 2.62 bits per heavy atom. The fourth-order valence-corrected chi connectivity index (χ4v) is 4.40. The lowest BCUT2D eigenvalue weighted by Crippen LogP contribution is -2.42. The maximum Gasteiger partial charge on any atom is 0.341 e. The van der Waals surface area contributed by atoms with E-state index in [0.29, 0.717) is 5.56 Å². The first-order chi connectivity index (χ1) is 15.0. The molecule has 1 aromatic carbocycles. The number of thiophene rings is 1. The Morgan fingerprint density at radius 2 is 2.00 bits per heavy atom. The molecular weight excluding hydrogens is 440 g/mol. The summed E-state index contributed by atoms with van der Waals surface area (Å²) in [4.78, 5) is 62.1. The summed E-state index contributed by atoms with van der Waals surface area (Å²) in [7, 11) is 1.22. The molecule has 32 heavy (non-hydrogen) atoms. The number of rotatable bonds is 6. The van der Waals surface area contributed by atoms with Crippen molar-refractivity contribution < 1.29 is 28.8 Å². The van der Waals surface area contributed by atoms with Gasteiger partial charge in [-0.15, -0.1) is 11.3 Å². The van der Waals surface area contributed by atoms with Gasteiger partial charge >= 0.3 is 12.0 Å². The lowest BCUT2D eigenvalue weighted by atomic mass is 9.91. The van der Waals surface area contributed by atoms with Crippen LogP contribution < -0.4 is 10.6 Å². The molecule has 4 amide bonds. The van der Waals surface area contributed by atoms with Gasteiger partial charge in [-0.05, 0) is 31.9 Å². The van der Waals surface area contributed by atoms with Crippen LogP contribution in [0.1, 0.15) is 33.3 Å². The van der Waals surface area contributed by atoms with Crippen molar-refractivity contribution in [2.24, 2.45) is 0 Å². The predicted octanol–water partition coefficient (Wildman–Crippen LogP) is 2.47. The SMILES string of the molecule is COC(=O)c1c(NC(=O)CN2C(=O)NC(C)(c3cccc([N+](=O)[O-])c3)C2=O)sc(C)c1C. The van der Waals surface area contributed by atoms with Crippen LogP contribution in [0.5, 0.6) is 0 Å². The number of nitrogens with one attached hydrogen (secondary N) is 2. The molecule has 1 atom stereocenters. The average molecular weight is 460 g/mol. The number of nitrogens with zero attached hydrogens (tertiary/aromatic N) is 2. The standard InChI is InChI=1S/C20H20N4O7S/c1-10-11(2)32-16(15(10)17(26)31-4)21-14(25)9-23-18(27)20(3,22-19(23)28)12-6-5-7-13(8-12)24(29)30/h5-8H,9H2,1-4H3,(H,21,25)(H,22,28). The van der Waals surface area contributed by atoms with Crippen LogP contribution in [0.2, 0.25) is 0 Å². The Bertz CT molecular complexity index is 1160. The number of aryl methyl sites for hydroxylation is 1. The first-order valence-electron chi connectivity index (χ1n) is 9.36. The van der Waals surface area contributed by atoms with E-state index in [1.165, 1.54) is 49.6 Å². The molecule has 0 aliphatic carbocycles. The molecule has 1 aliphatic heterocycles. The maximum absolute atomic E-state index is 13.0. The zero-order valence-electron chi connectivity index (χ0n) is 17.7. The molecule has 2 N–H and O–H groups in total. The number of carbonyl (C=O) groups excluding carboxylic acids is 4. The molecule has 12 heteroatoms. The van der Waals surface area contributed by atoms with Crippen molar-refractivity contribution in [3.63, 3.8) is 0 Å². The van der Waals surface area contributed by atoms with Crippen molar-refractivity contribution in [2.75, 3.05) is 19.0 Å². The van der Waals surface area contributed by atoms with E-state index in [1.807, 2.05) is 0 Å². The minimum atomic E-state index is -1.57. The number of hydrogen-bond donors (Lipinski definition) is 2. The van der Waals surface area contributed by atoms with Crippen LogP contribution in [0.25, 0.3) is 0 Å². The second kappa shape index (κ2) is 8.38. The molecule has 1 aliphatic rings. The van der Waals surface area contributed by atoms with Gasteiger partial charge in [0, 0.05) is 17.0 Å². The Hall–Kier alpha value is -3.80. The van der Waals surface area contributed by atoms with Gasteiger partial charge in [0.25, 0.3) is 11.6 Å². The maximum atomic E-state index is 13.0. The average Bonchev–Trinajstić information content (AvgIpc) is 3.14. The first-order valence-corrected chi connectivity index (χ1v) is 10.2.